The molecule has 1 aliphatic heterocycles. The minimum atomic E-state index is -0.821. The summed E-state index contributed by atoms with van der Waals surface area (Å²) < 4.78 is 5.23. The zero-order chi connectivity index (χ0) is 20.5. The van der Waals surface area contributed by atoms with Gasteiger partial charge in [-0.05, 0) is 37.9 Å². The molecule has 8 heteroatoms. The number of hydrogen-bond donors (Lipinski definition) is 2. The molecule has 28 heavy (non-hydrogen) atoms. The summed E-state index contributed by atoms with van der Waals surface area (Å²) in [5, 5.41) is 12.0. The van der Waals surface area contributed by atoms with Gasteiger partial charge in [0.2, 0.25) is 11.8 Å². The Hall–Kier alpha value is -2.61. The van der Waals surface area contributed by atoms with Crippen molar-refractivity contribution in [2.24, 2.45) is 5.92 Å². The van der Waals surface area contributed by atoms with Gasteiger partial charge in [0.1, 0.15) is 5.75 Å². The van der Waals surface area contributed by atoms with Crippen LogP contribution in [0.1, 0.15) is 26.2 Å². The van der Waals surface area contributed by atoms with Gasteiger partial charge in [-0.25, -0.2) is 0 Å². The molecule has 0 aliphatic carbocycles. The molecule has 8 nitrogen and oxygen atoms in total. The SMILES string of the molecule is CCCN(CC(=O)Nc1ccccc1OC)C(=O)CN1CCCC(C(=O)O)C1. The summed E-state index contributed by atoms with van der Waals surface area (Å²) in [6.07, 6.45) is 2.12. The largest absolute Gasteiger partial charge is 0.495 e. The number of nitrogens with zero attached hydrogens (tertiary/aromatic N) is 2. The third-order valence-corrected chi connectivity index (χ3v) is 4.78. The maximum Gasteiger partial charge on any atom is 0.307 e. The Bertz CT molecular complexity index is 694. The number of para-hydroxylation sites is 2. The fraction of sp³-hybridized carbons (Fsp3) is 0.550. The Morgan fingerprint density at radius 2 is 2.07 bits per heavy atom. The number of anilines is 1. The van der Waals surface area contributed by atoms with Gasteiger partial charge in [0.15, 0.2) is 0 Å². The molecule has 154 valence electrons. The molecule has 0 aromatic heterocycles. The van der Waals surface area contributed by atoms with Crippen LogP contribution in [0.4, 0.5) is 5.69 Å². The lowest BCUT2D eigenvalue weighted by molar-refractivity contribution is -0.145. The average Bonchev–Trinajstić information content (AvgIpc) is 2.68. The van der Waals surface area contributed by atoms with Crippen molar-refractivity contribution in [1.82, 2.24) is 9.80 Å². The number of likely N-dealkylation sites (tertiary alicyclic amines) is 1. The molecule has 1 heterocycles. The molecule has 0 saturated carbocycles. The second kappa shape index (κ2) is 10.7. The van der Waals surface area contributed by atoms with Crippen molar-refractivity contribution in [3.8, 4) is 5.75 Å². The summed E-state index contributed by atoms with van der Waals surface area (Å²) in [7, 11) is 1.53. The second-order valence-corrected chi connectivity index (χ2v) is 6.98. The normalized spacial score (nSPS) is 17.0. The Morgan fingerprint density at radius 1 is 1.32 bits per heavy atom. The molecule has 1 atom stereocenters. The number of carbonyl (C=O) groups excluding carboxylic acids is 2. The van der Waals surface area contributed by atoms with Crippen LogP contribution in [-0.4, -0.2) is 72.5 Å². The summed E-state index contributed by atoms with van der Waals surface area (Å²) in [5.74, 6) is -1.16. The highest BCUT2D eigenvalue weighted by atomic mass is 16.5. The Kier molecular flexibility index (Phi) is 8.25. The first kappa shape index (κ1) is 21.7. The minimum Gasteiger partial charge on any atom is -0.495 e. The lowest BCUT2D eigenvalue weighted by Crippen LogP contribution is -2.47. The number of methoxy groups -OCH3 is 1. The highest BCUT2D eigenvalue weighted by molar-refractivity contribution is 5.95. The van der Waals surface area contributed by atoms with E-state index in [0.717, 1.165) is 12.8 Å². The first-order valence-corrected chi connectivity index (χ1v) is 9.60. The van der Waals surface area contributed by atoms with Crippen molar-refractivity contribution < 1.29 is 24.2 Å². The standard InChI is InChI=1S/C20H29N3O5/c1-3-10-23(13-18(24)21-16-8-4-5-9-17(16)28-2)19(25)14-22-11-6-7-15(12-22)20(26)27/h4-5,8-9,15H,3,6-7,10-14H2,1-2H3,(H,21,24)(H,26,27). The second-order valence-electron chi connectivity index (χ2n) is 6.98. The molecule has 0 spiro atoms. The van der Waals surface area contributed by atoms with Crippen molar-refractivity contribution in [3.63, 3.8) is 0 Å². The van der Waals surface area contributed by atoms with E-state index in [4.69, 9.17) is 4.74 Å². The quantitative estimate of drug-likeness (QED) is 0.664. The van der Waals surface area contributed by atoms with Crippen LogP contribution in [0, 0.1) is 5.92 Å². The molecule has 0 bridgehead atoms. The van der Waals surface area contributed by atoms with Crippen molar-refractivity contribution in [2.75, 3.05) is 45.2 Å². The number of piperidine rings is 1. The Balaban J connectivity index is 1.94. The molecule has 2 amide bonds. The van der Waals surface area contributed by atoms with Gasteiger partial charge >= 0.3 is 5.97 Å². The Morgan fingerprint density at radius 3 is 2.75 bits per heavy atom. The predicted octanol–water partition coefficient (Wildman–Crippen LogP) is 1.67. The number of benzene rings is 1. The molecule has 1 unspecified atom stereocenters. The summed E-state index contributed by atoms with van der Waals surface area (Å²) in [5.41, 5.74) is 0.555. The summed E-state index contributed by atoms with van der Waals surface area (Å²) in [4.78, 5) is 39.8. The highest BCUT2D eigenvalue weighted by Crippen LogP contribution is 2.23. The van der Waals surface area contributed by atoms with Crippen LogP contribution < -0.4 is 10.1 Å². The van der Waals surface area contributed by atoms with E-state index in [1.807, 2.05) is 17.9 Å². The molecule has 1 saturated heterocycles. The number of rotatable bonds is 9. The number of aliphatic carboxylic acids is 1. The van der Waals surface area contributed by atoms with Gasteiger partial charge < -0.3 is 20.1 Å². The van der Waals surface area contributed by atoms with Crippen molar-refractivity contribution >= 4 is 23.5 Å². The smallest absolute Gasteiger partial charge is 0.307 e. The molecule has 1 aromatic carbocycles. The molecule has 2 N–H and O–H groups in total. The summed E-state index contributed by atoms with van der Waals surface area (Å²) in [6.45, 7) is 3.55. The summed E-state index contributed by atoms with van der Waals surface area (Å²) in [6, 6.07) is 7.09. The molecule has 1 fully saturated rings. The molecular weight excluding hydrogens is 362 g/mol. The van der Waals surface area contributed by atoms with E-state index in [9.17, 15) is 19.5 Å². The maximum atomic E-state index is 12.7. The van der Waals surface area contributed by atoms with Crippen LogP contribution in [0.3, 0.4) is 0 Å². The Labute approximate surface area is 165 Å². The average molecular weight is 391 g/mol. The fourth-order valence-corrected chi connectivity index (χ4v) is 3.36. The number of hydrogen-bond acceptors (Lipinski definition) is 5. The lowest BCUT2D eigenvalue weighted by atomic mass is 9.98. The number of carboxylic acid groups (broad SMARTS) is 1. The zero-order valence-corrected chi connectivity index (χ0v) is 16.5. The maximum absolute atomic E-state index is 12.7. The van der Waals surface area contributed by atoms with E-state index >= 15 is 0 Å². The van der Waals surface area contributed by atoms with Crippen LogP contribution in [0.5, 0.6) is 5.75 Å². The van der Waals surface area contributed by atoms with E-state index in [1.54, 1.807) is 18.2 Å². The number of nitrogens with one attached hydrogen (secondary N) is 1. The van der Waals surface area contributed by atoms with Gasteiger partial charge in [-0.3, -0.25) is 19.3 Å². The zero-order valence-electron chi connectivity index (χ0n) is 16.5. The van der Waals surface area contributed by atoms with E-state index in [2.05, 4.69) is 5.32 Å². The minimum absolute atomic E-state index is 0.0546. The predicted molar refractivity (Wildman–Crippen MR) is 105 cm³/mol. The molecule has 1 aromatic rings. The third-order valence-electron chi connectivity index (χ3n) is 4.78. The lowest BCUT2D eigenvalue weighted by Gasteiger charge is -2.32. The summed E-state index contributed by atoms with van der Waals surface area (Å²) >= 11 is 0. The van der Waals surface area contributed by atoms with Crippen LogP contribution in [0.25, 0.3) is 0 Å². The highest BCUT2D eigenvalue weighted by Gasteiger charge is 2.28. The van der Waals surface area contributed by atoms with Gasteiger partial charge in [0.05, 0.1) is 31.8 Å². The van der Waals surface area contributed by atoms with E-state index in [1.165, 1.54) is 12.0 Å². The van der Waals surface area contributed by atoms with Gasteiger partial charge in [-0.1, -0.05) is 19.1 Å². The van der Waals surface area contributed by atoms with Crippen LogP contribution in [-0.2, 0) is 14.4 Å². The number of carboxylic acids is 1. The van der Waals surface area contributed by atoms with Crippen LogP contribution in [0.2, 0.25) is 0 Å². The van der Waals surface area contributed by atoms with Gasteiger partial charge in [-0.15, -0.1) is 0 Å². The van der Waals surface area contributed by atoms with Gasteiger partial charge in [-0.2, -0.15) is 0 Å². The van der Waals surface area contributed by atoms with Crippen molar-refractivity contribution in [3.05, 3.63) is 24.3 Å². The molecule has 0 radical (unpaired) electrons. The molecular formula is C20H29N3O5. The van der Waals surface area contributed by atoms with Crippen molar-refractivity contribution in [2.45, 2.75) is 26.2 Å². The number of carbonyl (C=O) groups is 3. The van der Waals surface area contributed by atoms with E-state index in [0.29, 0.717) is 37.5 Å². The molecule has 2 rings (SSSR count). The first-order valence-electron chi connectivity index (χ1n) is 9.60. The monoisotopic (exact) mass is 391 g/mol. The third kappa shape index (κ3) is 6.23. The first-order chi connectivity index (χ1) is 13.4. The van der Waals surface area contributed by atoms with Crippen molar-refractivity contribution in [1.29, 1.82) is 0 Å². The van der Waals surface area contributed by atoms with Crippen LogP contribution >= 0.6 is 0 Å². The number of amides is 2. The van der Waals surface area contributed by atoms with Crippen LogP contribution in [0.15, 0.2) is 24.3 Å². The molecule has 1 aliphatic rings. The van der Waals surface area contributed by atoms with Gasteiger partial charge in [0.25, 0.3) is 0 Å². The fourth-order valence-electron chi connectivity index (χ4n) is 3.36. The van der Waals surface area contributed by atoms with Gasteiger partial charge in [0, 0.05) is 13.1 Å². The van der Waals surface area contributed by atoms with E-state index < -0.39 is 11.9 Å². The topological polar surface area (TPSA) is 99.2 Å². The van der Waals surface area contributed by atoms with E-state index in [-0.39, 0.29) is 24.9 Å². The number of ether oxygens (including phenoxy) is 1.